The smallest absolute Gasteiger partial charge is 0.127 e. The highest BCUT2D eigenvalue weighted by Crippen LogP contribution is 2.35. The fourth-order valence-electron chi connectivity index (χ4n) is 4.83. The highest BCUT2D eigenvalue weighted by atomic mass is 19.1. The maximum Gasteiger partial charge on any atom is 0.127 e. The van der Waals surface area contributed by atoms with Crippen molar-refractivity contribution in [1.82, 2.24) is 35.0 Å². The number of hydrogen-bond donors (Lipinski definition) is 3. The van der Waals surface area contributed by atoms with E-state index in [1.807, 2.05) is 43.3 Å². The lowest BCUT2D eigenvalue weighted by molar-refractivity contribution is 0.260. The molecular formula is C31H31FN8O. The van der Waals surface area contributed by atoms with Crippen LogP contribution in [0.3, 0.4) is 0 Å². The van der Waals surface area contributed by atoms with Gasteiger partial charge in [-0.05, 0) is 63.8 Å². The minimum Gasteiger partial charge on any atom is -0.492 e. The van der Waals surface area contributed by atoms with Crippen LogP contribution in [0.4, 0.5) is 10.1 Å². The van der Waals surface area contributed by atoms with Crippen molar-refractivity contribution in [2.24, 2.45) is 0 Å². The molecule has 0 amide bonds. The zero-order chi connectivity index (χ0) is 28.5. The summed E-state index contributed by atoms with van der Waals surface area (Å²) in [6.45, 7) is 5.37. The van der Waals surface area contributed by atoms with Crippen LogP contribution in [0, 0.1) is 5.82 Å². The molecule has 6 aromatic rings. The Morgan fingerprint density at radius 3 is 2.59 bits per heavy atom. The first-order chi connectivity index (χ1) is 19.8. The molecule has 5 heterocycles. The molecule has 6 rings (SSSR count). The molecule has 0 atom stereocenters. The average molecular weight is 551 g/mol. The fraction of sp³-hybridized carbons (Fsp3) is 0.226. The van der Waals surface area contributed by atoms with Crippen LogP contribution in [-0.2, 0) is 0 Å². The van der Waals surface area contributed by atoms with E-state index < -0.39 is 0 Å². The number of hydrogen-bond acceptors (Lipinski definition) is 7. The minimum atomic E-state index is -0.365. The van der Waals surface area contributed by atoms with Crippen LogP contribution in [0.2, 0.25) is 0 Å². The number of aromatic amines is 2. The van der Waals surface area contributed by atoms with Crippen molar-refractivity contribution in [2.45, 2.75) is 19.9 Å². The van der Waals surface area contributed by atoms with Crippen molar-refractivity contribution in [3.63, 3.8) is 0 Å². The van der Waals surface area contributed by atoms with Gasteiger partial charge < -0.3 is 19.9 Å². The first kappa shape index (κ1) is 26.4. The second-order valence-electron chi connectivity index (χ2n) is 10.6. The number of likely N-dealkylation sites (N-methyl/N-ethyl adjacent to an activating group) is 1. The standard InChI is InChI=1S/C31H31FN8O/c1-18(2)36-22-8-20(13-33-14-22)27-12-25-30(17-35-27)38-39-31(25)28-11-24-26(15-34-16-29(24)37-28)19-7-21(32)10-23(9-19)41-6-5-40(3)4/h7-18,36-37H,5-6H2,1-4H3,(H,38,39). The van der Waals surface area contributed by atoms with Gasteiger partial charge in [0.25, 0.3) is 0 Å². The van der Waals surface area contributed by atoms with Gasteiger partial charge in [0.15, 0.2) is 0 Å². The van der Waals surface area contributed by atoms with Crippen molar-refractivity contribution in [3.8, 4) is 39.5 Å². The van der Waals surface area contributed by atoms with E-state index in [0.29, 0.717) is 24.0 Å². The summed E-state index contributed by atoms with van der Waals surface area (Å²) in [5, 5.41) is 12.9. The van der Waals surface area contributed by atoms with Crippen LogP contribution >= 0.6 is 0 Å². The van der Waals surface area contributed by atoms with Gasteiger partial charge in [-0.1, -0.05) is 0 Å². The number of nitrogens with zero attached hydrogens (tertiary/aromatic N) is 5. The van der Waals surface area contributed by atoms with Crippen molar-refractivity contribution in [1.29, 1.82) is 0 Å². The SMILES string of the molecule is CC(C)Nc1cncc(-c2cc3c(-c4cc5c(-c6cc(F)cc(OCCN(C)C)c6)cncc5[nH]4)n[nH]c3cn2)c1. The molecule has 208 valence electrons. The van der Waals surface area contributed by atoms with Crippen LogP contribution in [0.15, 0.2) is 67.4 Å². The van der Waals surface area contributed by atoms with Gasteiger partial charge in [0, 0.05) is 59.1 Å². The molecule has 3 N–H and O–H groups in total. The Morgan fingerprint density at radius 1 is 0.902 bits per heavy atom. The molecular weight excluding hydrogens is 519 g/mol. The van der Waals surface area contributed by atoms with E-state index in [4.69, 9.17) is 4.74 Å². The Balaban J connectivity index is 1.37. The molecule has 0 unspecified atom stereocenters. The van der Waals surface area contributed by atoms with Gasteiger partial charge in [-0.3, -0.25) is 20.1 Å². The third-order valence-corrected chi connectivity index (χ3v) is 6.73. The molecule has 0 spiro atoms. The third-order valence-electron chi connectivity index (χ3n) is 6.73. The first-order valence-electron chi connectivity index (χ1n) is 13.5. The number of anilines is 1. The number of aromatic nitrogens is 6. The van der Waals surface area contributed by atoms with Gasteiger partial charge in [-0.25, -0.2) is 4.39 Å². The first-order valence-corrected chi connectivity index (χ1v) is 13.5. The number of fused-ring (bicyclic) bond motifs is 2. The summed E-state index contributed by atoms with van der Waals surface area (Å²) in [7, 11) is 3.94. The molecule has 0 aliphatic heterocycles. The monoisotopic (exact) mass is 550 g/mol. The number of ether oxygens (including phenoxy) is 1. The van der Waals surface area contributed by atoms with E-state index in [0.717, 1.165) is 62.2 Å². The highest BCUT2D eigenvalue weighted by Gasteiger charge is 2.16. The molecule has 0 saturated heterocycles. The van der Waals surface area contributed by atoms with E-state index in [1.54, 1.807) is 31.0 Å². The molecule has 0 aliphatic rings. The Morgan fingerprint density at radius 2 is 1.76 bits per heavy atom. The van der Waals surface area contributed by atoms with Crippen LogP contribution in [0.1, 0.15) is 13.8 Å². The zero-order valence-electron chi connectivity index (χ0n) is 23.4. The predicted molar refractivity (Wildman–Crippen MR) is 160 cm³/mol. The van der Waals surface area contributed by atoms with Gasteiger partial charge in [0.1, 0.15) is 23.9 Å². The number of benzene rings is 1. The Kier molecular flexibility index (Phi) is 7.07. The summed E-state index contributed by atoms with van der Waals surface area (Å²) < 4.78 is 20.4. The lowest BCUT2D eigenvalue weighted by Crippen LogP contribution is -2.19. The van der Waals surface area contributed by atoms with E-state index in [2.05, 4.69) is 49.3 Å². The van der Waals surface area contributed by atoms with Gasteiger partial charge in [0.05, 0.1) is 40.5 Å². The maximum absolute atomic E-state index is 14.6. The molecule has 0 bridgehead atoms. The minimum absolute atomic E-state index is 0.291. The van der Waals surface area contributed by atoms with Crippen LogP contribution in [-0.4, -0.2) is 68.3 Å². The summed E-state index contributed by atoms with van der Waals surface area (Å²) in [6.07, 6.45) is 8.89. The van der Waals surface area contributed by atoms with Crippen molar-refractivity contribution < 1.29 is 9.13 Å². The van der Waals surface area contributed by atoms with Gasteiger partial charge in [-0.2, -0.15) is 5.10 Å². The Hall–Kier alpha value is -4.83. The summed E-state index contributed by atoms with van der Waals surface area (Å²) in [5.41, 5.74) is 7.31. The second-order valence-corrected chi connectivity index (χ2v) is 10.6. The van der Waals surface area contributed by atoms with Crippen LogP contribution in [0.5, 0.6) is 5.75 Å². The summed E-state index contributed by atoms with van der Waals surface area (Å²) in [4.78, 5) is 18.9. The number of halogens is 1. The number of rotatable bonds is 9. The lowest BCUT2D eigenvalue weighted by atomic mass is 10.0. The normalized spacial score (nSPS) is 11.7. The van der Waals surface area contributed by atoms with Gasteiger partial charge in [-0.15, -0.1) is 0 Å². The van der Waals surface area contributed by atoms with Crippen LogP contribution < -0.4 is 10.1 Å². The molecule has 0 radical (unpaired) electrons. The van der Waals surface area contributed by atoms with Crippen molar-refractivity contribution in [2.75, 3.05) is 32.6 Å². The maximum atomic E-state index is 14.6. The summed E-state index contributed by atoms with van der Waals surface area (Å²) in [6, 6.07) is 11.1. The summed E-state index contributed by atoms with van der Waals surface area (Å²) in [5.74, 6) is 0.116. The number of nitrogens with one attached hydrogen (secondary N) is 3. The fourth-order valence-corrected chi connectivity index (χ4v) is 4.83. The molecule has 1 aromatic carbocycles. The van der Waals surface area contributed by atoms with Gasteiger partial charge >= 0.3 is 0 Å². The predicted octanol–water partition coefficient (Wildman–Crippen LogP) is 6.13. The average Bonchev–Trinajstić information content (AvgIpc) is 3.56. The van der Waals surface area contributed by atoms with E-state index >= 15 is 0 Å². The number of H-pyrrole nitrogens is 2. The molecule has 5 aromatic heterocycles. The molecule has 0 aliphatic carbocycles. The second kappa shape index (κ2) is 11.0. The largest absolute Gasteiger partial charge is 0.492 e. The Labute approximate surface area is 236 Å². The quantitative estimate of drug-likeness (QED) is 0.199. The zero-order valence-corrected chi connectivity index (χ0v) is 23.4. The van der Waals surface area contributed by atoms with E-state index in [1.165, 1.54) is 12.1 Å². The Bertz CT molecular complexity index is 1840. The third kappa shape index (κ3) is 5.59. The summed E-state index contributed by atoms with van der Waals surface area (Å²) >= 11 is 0. The van der Waals surface area contributed by atoms with Gasteiger partial charge in [0.2, 0.25) is 0 Å². The molecule has 41 heavy (non-hydrogen) atoms. The van der Waals surface area contributed by atoms with Crippen molar-refractivity contribution >= 4 is 27.5 Å². The molecule has 9 nitrogen and oxygen atoms in total. The lowest BCUT2D eigenvalue weighted by Gasteiger charge is -2.12. The molecule has 0 fully saturated rings. The molecule has 0 saturated carbocycles. The highest BCUT2D eigenvalue weighted by molar-refractivity contribution is 6.01. The molecule has 10 heteroatoms. The van der Waals surface area contributed by atoms with Crippen molar-refractivity contribution in [3.05, 3.63) is 73.2 Å². The topological polar surface area (TPSA) is 108 Å². The van der Waals surface area contributed by atoms with E-state index in [9.17, 15) is 4.39 Å². The van der Waals surface area contributed by atoms with E-state index in [-0.39, 0.29) is 5.82 Å². The van der Waals surface area contributed by atoms with Crippen LogP contribution in [0.25, 0.3) is 55.6 Å². The number of pyridine rings is 3.